The summed E-state index contributed by atoms with van der Waals surface area (Å²) in [6, 6.07) is 7.84. The minimum absolute atomic E-state index is 0.126. The highest BCUT2D eigenvalue weighted by atomic mass is 16.4. The van der Waals surface area contributed by atoms with Crippen molar-refractivity contribution in [1.82, 2.24) is 5.32 Å². The molecule has 0 saturated heterocycles. The van der Waals surface area contributed by atoms with Crippen LogP contribution in [-0.2, 0) is 9.59 Å². The number of rotatable bonds is 4. The molecule has 0 spiro atoms. The fourth-order valence-electron chi connectivity index (χ4n) is 2.64. The van der Waals surface area contributed by atoms with Crippen molar-refractivity contribution in [3.05, 3.63) is 47.5 Å². The molecule has 1 amide bonds. The van der Waals surface area contributed by atoms with Gasteiger partial charge in [-0.3, -0.25) is 9.59 Å². The first-order valence-corrected chi connectivity index (χ1v) is 7.23. The Hall–Kier alpha value is -2.10. The van der Waals surface area contributed by atoms with Gasteiger partial charge in [0.05, 0.1) is 17.9 Å². The van der Waals surface area contributed by atoms with Crippen molar-refractivity contribution in [2.75, 3.05) is 0 Å². The van der Waals surface area contributed by atoms with E-state index in [-0.39, 0.29) is 11.9 Å². The first kappa shape index (κ1) is 15.3. The van der Waals surface area contributed by atoms with E-state index in [1.54, 1.807) is 0 Å². The van der Waals surface area contributed by atoms with Crippen LogP contribution >= 0.6 is 0 Å². The van der Waals surface area contributed by atoms with Crippen molar-refractivity contribution in [3.63, 3.8) is 0 Å². The molecule has 0 bridgehead atoms. The summed E-state index contributed by atoms with van der Waals surface area (Å²) < 4.78 is 0. The fourth-order valence-corrected chi connectivity index (χ4v) is 2.64. The molecule has 3 atom stereocenters. The van der Waals surface area contributed by atoms with Crippen molar-refractivity contribution >= 4 is 11.9 Å². The van der Waals surface area contributed by atoms with E-state index in [2.05, 4.69) is 5.32 Å². The number of carboxylic acids is 1. The first-order chi connectivity index (χ1) is 9.99. The summed E-state index contributed by atoms with van der Waals surface area (Å²) in [5.41, 5.74) is 2.19. The van der Waals surface area contributed by atoms with E-state index >= 15 is 0 Å². The molecule has 0 aromatic heterocycles. The Balaban J connectivity index is 2.04. The summed E-state index contributed by atoms with van der Waals surface area (Å²) >= 11 is 0. The van der Waals surface area contributed by atoms with Crippen LogP contribution in [0.3, 0.4) is 0 Å². The molecule has 4 nitrogen and oxygen atoms in total. The lowest BCUT2D eigenvalue weighted by molar-refractivity contribution is -0.147. The number of carbonyl (C=O) groups excluding carboxylic acids is 1. The van der Waals surface area contributed by atoms with E-state index in [0.717, 1.165) is 5.56 Å². The van der Waals surface area contributed by atoms with Crippen molar-refractivity contribution in [3.8, 4) is 0 Å². The summed E-state index contributed by atoms with van der Waals surface area (Å²) in [5, 5.41) is 12.2. The molecule has 4 heteroatoms. The molecule has 112 valence electrons. The van der Waals surface area contributed by atoms with Gasteiger partial charge in [0.25, 0.3) is 0 Å². The standard InChI is InChI=1S/C17H21NO3/c1-11-7-9-13(10-8-11)12(2)18-16(19)14-5-3-4-6-15(14)17(20)21/h3-4,7-10,12,14-15H,5-6H2,1-2H3,(H,18,19)(H,20,21)/t12-,14-,15-/m0/s1. The number of carbonyl (C=O) groups is 2. The molecule has 0 aliphatic heterocycles. The average molecular weight is 287 g/mol. The highest BCUT2D eigenvalue weighted by molar-refractivity contribution is 5.85. The predicted octanol–water partition coefficient (Wildman–Crippen LogP) is 2.84. The van der Waals surface area contributed by atoms with Crippen LogP contribution < -0.4 is 5.32 Å². The molecule has 1 aromatic carbocycles. The highest BCUT2D eigenvalue weighted by Crippen LogP contribution is 2.27. The normalized spacial score (nSPS) is 22.6. The summed E-state index contributed by atoms with van der Waals surface area (Å²) in [5.74, 6) is -2.19. The lowest BCUT2D eigenvalue weighted by Gasteiger charge is -2.26. The second-order valence-electron chi connectivity index (χ2n) is 5.63. The van der Waals surface area contributed by atoms with Gasteiger partial charge in [-0.2, -0.15) is 0 Å². The van der Waals surface area contributed by atoms with Gasteiger partial charge in [0.15, 0.2) is 0 Å². The van der Waals surface area contributed by atoms with Gasteiger partial charge >= 0.3 is 5.97 Å². The Morgan fingerprint density at radius 1 is 1.14 bits per heavy atom. The fraction of sp³-hybridized carbons (Fsp3) is 0.412. The summed E-state index contributed by atoms with van der Waals surface area (Å²) in [6.07, 6.45) is 4.64. The molecule has 0 saturated carbocycles. The third kappa shape index (κ3) is 3.72. The molecule has 21 heavy (non-hydrogen) atoms. The van der Waals surface area contributed by atoms with Gasteiger partial charge in [-0.1, -0.05) is 42.0 Å². The molecule has 2 N–H and O–H groups in total. The topological polar surface area (TPSA) is 66.4 Å². The Morgan fingerprint density at radius 2 is 1.71 bits per heavy atom. The van der Waals surface area contributed by atoms with E-state index < -0.39 is 17.8 Å². The van der Waals surface area contributed by atoms with E-state index in [0.29, 0.717) is 12.8 Å². The number of carboxylic acid groups (broad SMARTS) is 1. The quantitative estimate of drug-likeness (QED) is 0.837. The van der Waals surface area contributed by atoms with Crippen LogP contribution in [0.5, 0.6) is 0 Å². The van der Waals surface area contributed by atoms with Crippen molar-refractivity contribution in [1.29, 1.82) is 0 Å². The number of benzene rings is 1. The lowest BCUT2D eigenvalue weighted by Crippen LogP contribution is -2.39. The van der Waals surface area contributed by atoms with E-state index in [1.165, 1.54) is 5.56 Å². The van der Waals surface area contributed by atoms with Gasteiger partial charge in [0, 0.05) is 0 Å². The van der Waals surface area contributed by atoms with Gasteiger partial charge in [-0.25, -0.2) is 0 Å². The van der Waals surface area contributed by atoms with Crippen LogP contribution in [0, 0.1) is 18.8 Å². The zero-order valence-corrected chi connectivity index (χ0v) is 12.4. The molecular weight excluding hydrogens is 266 g/mol. The predicted molar refractivity (Wildman–Crippen MR) is 80.7 cm³/mol. The van der Waals surface area contributed by atoms with Gasteiger partial charge in [0.1, 0.15) is 0 Å². The van der Waals surface area contributed by atoms with E-state index in [4.69, 9.17) is 0 Å². The molecule has 0 unspecified atom stereocenters. The number of nitrogens with one attached hydrogen (secondary N) is 1. The number of allylic oxidation sites excluding steroid dienone is 2. The molecule has 1 aliphatic carbocycles. The number of aliphatic carboxylic acids is 1. The molecule has 0 fully saturated rings. The number of amides is 1. The molecular formula is C17H21NO3. The smallest absolute Gasteiger partial charge is 0.307 e. The number of hydrogen-bond donors (Lipinski definition) is 2. The maximum Gasteiger partial charge on any atom is 0.307 e. The highest BCUT2D eigenvalue weighted by Gasteiger charge is 2.34. The second-order valence-corrected chi connectivity index (χ2v) is 5.63. The van der Waals surface area contributed by atoms with Crippen LogP contribution in [0.1, 0.15) is 36.9 Å². The Bertz CT molecular complexity index is 548. The Morgan fingerprint density at radius 3 is 2.29 bits per heavy atom. The van der Waals surface area contributed by atoms with Gasteiger partial charge in [0.2, 0.25) is 5.91 Å². The Labute approximate surface area is 124 Å². The molecule has 2 rings (SSSR count). The third-order valence-electron chi connectivity index (χ3n) is 4.02. The molecule has 1 aliphatic rings. The molecule has 0 heterocycles. The minimum atomic E-state index is -0.900. The average Bonchev–Trinajstić information content (AvgIpc) is 2.47. The van der Waals surface area contributed by atoms with Crippen molar-refractivity contribution in [2.45, 2.75) is 32.7 Å². The molecule has 1 aromatic rings. The first-order valence-electron chi connectivity index (χ1n) is 7.23. The second kappa shape index (κ2) is 6.57. The van der Waals surface area contributed by atoms with Crippen LogP contribution in [0.2, 0.25) is 0 Å². The maximum absolute atomic E-state index is 12.4. The summed E-state index contributed by atoms with van der Waals surface area (Å²) in [4.78, 5) is 23.6. The molecule has 0 radical (unpaired) electrons. The Kier molecular flexibility index (Phi) is 4.78. The number of aryl methyl sites for hydroxylation is 1. The van der Waals surface area contributed by atoms with Crippen LogP contribution in [0.15, 0.2) is 36.4 Å². The zero-order chi connectivity index (χ0) is 15.4. The summed E-state index contributed by atoms with van der Waals surface area (Å²) in [7, 11) is 0. The van der Waals surface area contributed by atoms with Crippen LogP contribution in [-0.4, -0.2) is 17.0 Å². The van der Waals surface area contributed by atoms with E-state index in [1.807, 2.05) is 50.3 Å². The SMILES string of the molecule is Cc1ccc([C@H](C)NC(=O)[C@H]2CC=CC[C@@H]2C(=O)O)cc1. The van der Waals surface area contributed by atoms with E-state index in [9.17, 15) is 14.7 Å². The van der Waals surface area contributed by atoms with Gasteiger partial charge in [-0.05, 0) is 32.3 Å². The lowest BCUT2D eigenvalue weighted by atomic mass is 9.82. The minimum Gasteiger partial charge on any atom is -0.481 e. The van der Waals surface area contributed by atoms with Crippen LogP contribution in [0.25, 0.3) is 0 Å². The monoisotopic (exact) mass is 287 g/mol. The largest absolute Gasteiger partial charge is 0.481 e. The number of hydrogen-bond acceptors (Lipinski definition) is 2. The maximum atomic E-state index is 12.4. The van der Waals surface area contributed by atoms with Crippen LogP contribution in [0.4, 0.5) is 0 Å². The third-order valence-corrected chi connectivity index (χ3v) is 4.02. The van der Waals surface area contributed by atoms with Crippen molar-refractivity contribution < 1.29 is 14.7 Å². The summed E-state index contributed by atoms with van der Waals surface area (Å²) in [6.45, 7) is 3.93. The van der Waals surface area contributed by atoms with Gasteiger partial charge in [-0.15, -0.1) is 0 Å². The zero-order valence-electron chi connectivity index (χ0n) is 12.4. The van der Waals surface area contributed by atoms with Crippen molar-refractivity contribution in [2.24, 2.45) is 11.8 Å². The van der Waals surface area contributed by atoms with Gasteiger partial charge < -0.3 is 10.4 Å².